The van der Waals surface area contributed by atoms with Crippen LogP contribution in [0.2, 0.25) is 0 Å². The van der Waals surface area contributed by atoms with Gasteiger partial charge >= 0.3 is 0 Å². The van der Waals surface area contributed by atoms with Gasteiger partial charge in [-0.1, -0.05) is 0 Å². The van der Waals surface area contributed by atoms with Crippen LogP contribution in [-0.4, -0.2) is 14.2 Å². The molecule has 13 heavy (non-hydrogen) atoms. The molecule has 0 spiro atoms. The maximum Gasteiger partial charge on any atom is 0.141 e. The van der Waals surface area contributed by atoms with Crippen molar-refractivity contribution in [3.8, 4) is 11.5 Å². The minimum atomic E-state index is 0.375. The van der Waals surface area contributed by atoms with Crippen LogP contribution in [0.15, 0.2) is 10.5 Å². The first-order chi connectivity index (χ1) is 6.24. The van der Waals surface area contributed by atoms with Crippen LogP contribution >= 0.6 is 15.9 Å². The van der Waals surface area contributed by atoms with E-state index >= 15 is 0 Å². The molecule has 1 aromatic rings. The molecule has 3 nitrogen and oxygen atoms in total. The molecule has 71 valence electrons. The van der Waals surface area contributed by atoms with Crippen molar-refractivity contribution in [1.82, 2.24) is 0 Å². The summed E-state index contributed by atoms with van der Waals surface area (Å²) in [5.74, 6) is 1.38. The van der Waals surface area contributed by atoms with Gasteiger partial charge < -0.3 is 15.2 Å². The Morgan fingerprint density at radius 2 is 2.15 bits per heavy atom. The van der Waals surface area contributed by atoms with E-state index in [2.05, 4.69) is 22.0 Å². The average Bonchev–Trinajstić information content (AvgIpc) is 2.17. The fraction of sp³-hybridized carbons (Fsp3) is 0.333. The van der Waals surface area contributed by atoms with E-state index in [0.717, 1.165) is 10.0 Å². The van der Waals surface area contributed by atoms with Gasteiger partial charge in [0.2, 0.25) is 0 Å². The molecule has 0 aromatic heterocycles. The standard InChI is InChI=1S/C9H11BrNO2/c1-12-8-4-3-7(10)9(13-2)6(8)5-11/h4H,5,11H2,1-2H3. The van der Waals surface area contributed by atoms with Crippen LogP contribution in [0.1, 0.15) is 5.56 Å². The molecule has 1 rings (SSSR count). The number of hydrogen-bond donors (Lipinski definition) is 1. The van der Waals surface area contributed by atoms with Crippen molar-refractivity contribution >= 4 is 15.9 Å². The number of methoxy groups -OCH3 is 2. The molecule has 1 aromatic carbocycles. The summed E-state index contributed by atoms with van der Waals surface area (Å²) >= 11 is 3.32. The highest BCUT2D eigenvalue weighted by Gasteiger charge is 2.11. The van der Waals surface area contributed by atoms with Crippen LogP contribution in [0.5, 0.6) is 11.5 Å². The molecule has 0 bridgehead atoms. The van der Waals surface area contributed by atoms with E-state index < -0.39 is 0 Å². The minimum absolute atomic E-state index is 0.375. The van der Waals surface area contributed by atoms with E-state index in [1.807, 2.05) is 0 Å². The summed E-state index contributed by atoms with van der Waals surface area (Å²) < 4.78 is 11.1. The Kier molecular flexibility index (Phi) is 3.57. The summed E-state index contributed by atoms with van der Waals surface area (Å²) in [4.78, 5) is 0. The van der Waals surface area contributed by atoms with Crippen LogP contribution in [0, 0.1) is 6.07 Å². The Hall–Kier alpha value is -0.740. The lowest BCUT2D eigenvalue weighted by Gasteiger charge is -2.12. The van der Waals surface area contributed by atoms with E-state index in [0.29, 0.717) is 18.0 Å². The molecule has 2 N–H and O–H groups in total. The topological polar surface area (TPSA) is 44.5 Å². The Balaban J connectivity index is 3.27. The lowest BCUT2D eigenvalue weighted by Crippen LogP contribution is -2.03. The number of rotatable bonds is 3. The van der Waals surface area contributed by atoms with Gasteiger partial charge in [0, 0.05) is 12.6 Å². The second-order valence-corrected chi connectivity index (χ2v) is 3.18. The molecule has 4 heteroatoms. The molecule has 1 radical (unpaired) electrons. The third-order valence-electron chi connectivity index (χ3n) is 1.73. The van der Waals surface area contributed by atoms with E-state index in [1.54, 1.807) is 20.3 Å². The van der Waals surface area contributed by atoms with Crippen molar-refractivity contribution in [3.63, 3.8) is 0 Å². The minimum Gasteiger partial charge on any atom is -0.496 e. The predicted octanol–water partition coefficient (Wildman–Crippen LogP) is 1.73. The van der Waals surface area contributed by atoms with Crippen molar-refractivity contribution < 1.29 is 9.47 Å². The molecule has 0 unspecified atom stereocenters. The lowest BCUT2D eigenvalue weighted by molar-refractivity contribution is 0.383. The van der Waals surface area contributed by atoms with Gasteiger partial charge in [-0.25, -0.2) is 0 Å². The van der Waals surface area contributed by atoms with Gasteiger partial charge in [-0.2, -0.15) is 0 Å². The molecule has 0 saturated carbocycles. The molecule has 0 aliphatic carbocycles. The number of ether oxygens (including phenoxy) is 2. The van der Waals surface area contributed by atoms with E-state index in [9.17, 15) is 0 Å². The summed E-state index contributed by atoms with van der Waals surface area (Å²) in [5, 5.41) is 0. The maximum atomic E-state index is 5.58. The molecule has 0 aliphatic heterocycles. The molecule has 0 fully saturated rings. The molecule has 0 heterocycles. The monoisotopic (exact) mass is 244 g/mol. The maximum absolute atomic E-state index is 5.58. The van der Waals surface area contributed by atoms with E-state index in [1.165, 1.54) is 0 Å². The molecule has 0 aliphatic rings. The fourth-order valence-corrected chi connectivity index (χ4v) is 1.63. The van der Waals surface area contributed by atoms with Crippen LogP contribution in [-0.2, 0) is 6.54 Å². The van der Waals surface area contributed by atoms with Crippen molar-refractivity contribution in [2.24, 2.45) is 5.73 Å². The summed E-state index contributed by atoms with van der Waals surface area (Å²) in [5.41, 5.74) is 6.42. The highest BCUT2D eigenvalue weighted by atomic mass is 79.9. The first-order valence-corrected chi connectivity index (χ1v) is 4.55. The number of halogens is 1. The van der Waals surface area contributed by atoms with Crippen molar-refractivity contribution in [2.75, 3.05) is 14.2 Å². The summed E-state index contributed by atoms with van der Waals surface area (Å²) in [6.07, 6.45) is 0. The first-order valence-electron chi connectivity index (χ1n) is 3.75. The van der Waals surface area contributed by atoms with Crippen molar-refractivity contribution in [3.05, 3.63) is 22.2 Å². The Morgan fingerprint density at radius 1 is 1.46 bits per heavy atom. The summed E-state index contributed by atoms with van der Waals surface area (Å²) in [6.45, 7) is 0.375. The van der Waals surface area contributed by atoms with Crippen molar-refractivity contribution in [1.29, 1.82) is 0 Å². The largest absolute Gasteiger partial charge is 0.496 e. The normalized spacial score (nSPS) is 9.85. The number of hydrogen-bond acceptors (Lipinski definition) is 3. The van der Waals surface area contributed by atoms with Crippen LogP contribution in [0.25, 0.3) is 0 Å². The third-order valence-corrected chi connectivity index (χ3v) is 2.32. The fourth-order valence-electron chi connectivity index (χ4n) is 1.11. The quantitative estimate of drug-likeness (QED) is 0.881. The summed E-state index contributed by atoms with van der Waals surface area (Å²) in [7, 11) is 3.18. The highest BCUT2D eigenvalue weighted by Crippen LogP contribution is 2.34. The molecule has 0 atom stereocenters. The third kappa shape index (κ3) is 1.95. The van der Waals surface area contributed by atoms with Crippen LogP contribution in [0.3, 0.4) is 0 Å². The van der Waals surface area contributed by atoms with Gasteiger partial charge in [-0.3, -0.25) is 0 Å². The van der Waals surface area contributed by atoms with Gasteiger partial charge in [-0.05, 0) is 22.0 Å². The van der Waals surface area contributed by atoms with Gasteiger partial charge in [0.1, 0.15) is 11.5 Å². The Labute approximate surface area is 86.0 Å². The zero-order chi connectivity index (χ0) is 9.84. The van der Waals surface area contributed by atoms with Gasteiger partial charge in [0.15, 0.2) is 0 Å². The number of nitrogens with two attached hydrogens (primary N) is 1. The van der Waals surface area contributed by atoms with Crippen molar-refractivity contribution in [2.45, 2.75) is 6.54 Å². The Bertz CT molecular complexity index is 302. The molecular weight excluding hydrogens is 234 g/mol. The SMILES string of the molecule is COc1c[c]c(Br)c(OC)c1CN. The second kappa shape index (κ2) is 4.48. The summed E-state index contributed by atoms with van der Waals surface area (Å²) in [6, 6.07) is 4.69. The molecule has 0 saturated heterocycles. The number of benzene rings is 1. The first kappa shape index (κ1) is 10.3. The zero-order valence-electron chi connectivity index (χ0n) is 7.56. The Morgan fingerprint density at radius 3 is 2.62 bits per heavy atom. The van der Waals surface area contributed by atoms with Crippen LogP contribution < -0.4 is 15.2 Å². The van der Waals surface area contributed by atoms with Gasteiger partial charge in [0.05, 0.1) is 24.3 Å². The van der Waals surface area contributed by atoms with E-state index in [-0.39, 0.29) is 0 Å². The van der Waals surface area contributed by atoms with Gasteiger partial charge in [-0.15, -0.1) is 0 Å². The van der Waals surface area contributed by atoms with Gasteiger partial charge in [0.25, 0.3) is 0 Å². The highest BCUT2D eigenvalue weighted by molar-refractivity contribution is 9.10. The average molecular weight is 245 g/mol. The molecule has 0 amide bonds. The zero-order valence-corrected chi connectivity index (χ0v) is 9.14. The molecular formula is C9H11BrNO2. The predicted molar refractivity (Wildman–Crippen MR) is 54.0 cm³/mol. The lowest BCUT2D eigenvalue weighted by atomic mass is 10.2. The van der Waals surface area contributed by atoms with E-state index in [4.69, 9.17) is 15.2 Å². The van der Waals surface area contributed by atoms with Crippen LogP contribution in [0.4, 0.5) is 0 Å². The smallest absolute Gasteiger partial charge is 0.141 e. The second-order valence-electron chi connectivity index (χ2n) is 2.39.